The predicted molar refractivity (Wildman–Crippen MR) is 56.5 cm³/mol. The summed E-state index contributed by atoms with van der Waals surface area (Å²) >= 11 is 12.0. The largest absolute Gasteiger partial charge is 0.255 e. The van der Waals surface area contributed by atoms with Gasteiger partial charge >= 0.3 is 0 Å². The van der Waals surface area contributed by atoms with Crippen LogP contribution in [0.15, 0.2) is 24.4 Å². The van der Waals surface area contributed by atoms with Gasteiger partial charge in [-0.25, -0.2) is 0 Å². The van der Waals surface area contributed by atoms with E-state index in [0.29, 0.717) is 10.0 Å². The van der Waals surface area contributed by atoms with Gasteiger partial charge in [-0.3, -0.25) is 4.98 Å². The molecule has 1 aromatic carbocycles. The van der Waals surface area contributed by atoms with Crippen molar-refractivity contribution >= 4 is 34.1 Å². The SMILES string of the molecule is Cc1c(Cl)cc(Cl)c2ncccc12. The van der Waals surface area contributed by atoms with Gasteiger partial charge in [0.1, 0.15) is 0 Å². The number of benzene rings is 1. The number of pyridine rings is 1. The monoisotopic (exact) mass is 211 g/mol. The van der Waals surface area contributed by atoms with Gasteiger partial charge in [0.15, 0.2) is 0 Å². The third kappa shape index (κ3) is 1.38. The van der Waals surface area contributed by atoms with E-state index in [9.17, 15) is 0 Å². The van der Waals surface area contributed by atoms with Crippen molar-refractivity contribution in [1.29, 1.82) is 0 Å². The molecule has 0 aliphatic carbocycles. The van der Waals surface area contributed by atoms with E-state index < -0.39 is 0 Å². The molecule has 2 aromatic rings. The third-order valence-corrected chi connectivity index (χ3v) is 2.73. The molecule has 0 aliphatic rings. The summed E-state index contributed by atoms with van der Waals surface area (Å²) in [5, 5.41) is 2.30. The van der Waals surface area contributed by atoms with Crippen molar-refractivity contribution in [3.05, 3.63) is 40.0 Å². The zero-order chi connectivity index (χ0) is 9.42. The third-order valence-electron chi connectivity index (χ3n) is 2.05. The standard InChI is InChI=1S/C10H7Cl2N/c1-6-7-3-2-4-13-10(7)9(12)5-8(6)11/h2-5H,1H3. The number of rotatable bonds is 0. The number of aromatic nitrogens is 1. The second-order valence-electron chi connectivity index (χ2n) is 2.86. The lowest BCUT2D eigenvalue weighted by molar-refractivity contribution is 1.39. The fourth-order valence-corrected chi connectivity index (χ4v) is 1.84. The van der Waals surface area contributed by atoms with Gasteiger partial charge in [-0.2, -0.15) is 0 Å². The van der Waals surface area contributed by atoms with Gasteiger partial charge in [0.25, 0.3) is 0 Å². The molecule has 0 unspecified atom stereocenters. The van der Waals surface area contributed by atoms with Crippen LogP contribution in [0, 0.1) is 6.92 Å². The molecule has 1 heterocycles. The summed E-state index contributed by atoms with van der Waals surface area (Å²) in [6.45, 7) is 1.96. The molecule has 13 heavy (non-hydrogen) atoms. The summed E-state index contributed by atoms with van der Waals surface area (Å²) < 4.78 is 0. The van der Waals surface area contributed by atoms with E-state index in [2.05, 4.69) is 4.98 Å². The summed E-state index contributed by atoms with van der Waals surface area (Å²) in [7, 11) is 0. The minimum absolute atomic E-state index is 0.603. The van der Waals surface area contributed by atoms with Crippen LogP contribution in [0.3, 0.4) is 0 Å². The van der Waals surface area contributed by atoms with Crippen LogP contribution in [-0.2, 0) is 0 Å². The number of halogens is 2. The van der Waals surface area contributed by atoms with Crippen LogP contribution in [0.25, 0.3) is 10.9 Å². The molecule has 1 nitrogen and oxygen atoms in total. The first kappa shape index (κ1) is 8.79. The fraction of sp³-hybridized carbons (Fsp3) is 0.100. The second kappa shape index (κ2) is 3.17. The lowest BCUT2D eigenvalue weighted by Crippen LogP contribution is -1.84. The molecule has 0 atom stereocenters. The first-order valence-electron chi connectivity index (χ1n) is 3.89. The summed E-state index contributed by atoms with van der Waals surface area (Å²) in [5.74, 6) is 0. The van der Waals surface area contributed by atoms with Crippen LogP contribution in [0.1, 0.15) is 5.56 Å². The van der Waals surface area contributed by atoms with Crippen LogP contribution in [-0.4, -0.2) is 4.98 Å². The van der Waals surface area contributed by atoms with Crippen molar-refractivity contribution in [2.75, 3.05) is 0 Å². The summed E-state index contributed by atoms with van der Waals surface area (Å²) in [4.78, 5) is 4.19. The van der Waals surface area contributed by atoms with E-state index in [4.69, 9.17) is 23.2 Å². The van der Waals surface area contributed by atoms with Crippen molar-refractivity contribution in [2.24, 2.45) is 0 Å². The van der Waals surface area contributed by atoms with Crippen molar-refractivity contribution < 1.29 is 0 Å². The van der Waals surface area contributed by atoms with E-state index >= 15 is 0 Å². The highest BCUT2D eigenvalue weighted by molar-refractivity contribution is 6.38. The van der Waals surface area contributed by atoms with E-state index in [1.807, 2.05) is 19.1 Å². The molecule has 66 valence electrons. The van der Waals surface area contributed by atoms with Gasteiger partial charge in [0.2, 0.25) is 0 Å². The van der Waals surface area contributed by atoms with Crippen LogP contribution in [0.4, 0.5) is 0 Å². The summed E-state index contributed by atoms with van der Waals surface area (Å²) in [6.07, 6.45) is 1.72. The number of hydrogen-bond donors (Lipinski definition) is 0. The average molecular weight is 212 g/mol. The Morgan fingerprint density at radius 1 is 1.23 bits per heavy atom. The molecule has 0 spiro atoms. The van der Waals surface area contributed by atoms with Crippen molar-refractivity contribution in [1.82, 2.24) is 4.98 Å². The van der Waals surface area contributed by atoms with E-state index in [1.165, 1.54) is 0 Å². The summed E-state index contributed by atoms with van der Waals surface area (Å²) in [5.41, 5.74) is 1.83. The Balaban J connectivity index is 2.97. The highest BCUT2D eigenvalue weighted by Crippen LogP contribution is 2.30. The van der Waals surface area contributed by atoms with Gasteiger partial charge in [0, 0.05) is 16.6 Å². The number of hydrogen-bond acceptors (Lipinski definition) is 1. The number of aryl methyl sites for hydroxylation is 1. The van der Waals surface area contributed by atoms with Gasteiger partial charge in [0.05, 0.1) is 10.5 Å². The molecule has 0 fully saturated rings. The molecular formula is C10H7Cl2N. The average Bonchev–Trinajstić information content (AvgIpc) is 2.15. The predicted octanol–water partition coefficient (Wildman–Crippen LogP) is 3.85. The Morgan fingerprint density at radius 2 is 2.00 bits per heavy atom. The highest BCUT2D eigenvalue weighted by Gasteiger charge is 2.06. The van der Waals surface area contributed by atoms with Gasteiger partial charge < -0.3 is 0 Å². The first-order valence-corrected chi connectivity index (χ1v) is 4.65. The zero-order valence-corrected chi connectivity index (χ0v) is 8.52. The minimum atomic E-state index is 0.603. The quantitative estimate of drug-likeness (QED) is 0.646. The normalized spacial score (nSPS) is 10.7. The van der Waals surface area contributed by atoms with E-state index in [-0.39, 0.29) is 0 Å². The van der Waals surface area contributed by atoms with Crippen molar-refractivity contribution in [3.63, 3.8) is 0 Å². The van der Waals surface area contributed by atoms with E-state index in [1.54, 1.807) is 12.3 Å². The Hall–Kier alpha value is -0.790. The molecule has 0 radical (unpaired) electrons. The van der Waals surface area contributed by atoms with Gasteiger partial charge in [-0.15, -0.1) is 0 Å². The second-order valence-corrected chi connectivity index (χ2v) is 3.68. The van der Waals surface area contributed by atoms with Crippen LogP contribution in [0.5, 0.6) is 0 Å². The molecular weight excluding hydrogens is 205 g/mol. The lowest BCUT2D eigenvalue weighted by Gasteiger charge is -2.04. The van der Waals surface area contributed by atoms with Crippen LogP contribution < -0.4 is 0 Å². The number of fused-ring (bicyclic) bond motifs is 1. The Bertz CT molecular complexity index is 466. The molecule has 0 aliphatic heterocycles. The maximum atomic E-state index is 5.99. The molecule has 2 rings (SSSR count). The van der Waals surface area contributed by atoms with Gasteiger partial charge in [-0.05, 0) is 24.6 Å². The van der Waals surface area contributed by atoms with Crippen LogP contribution >= 0.6 is 23.2 Å². The summed E-state index contributed by atoms with van der Waals surface area (Å²) in [6, 6.07) is 5.57. The number of nitrogens with zero attached hydrogens (tertiary/aromatic N) is 1. The minimum Gasteiger partial charge on any atom is -0.255 e. The van der Waals surface area contributed by atoms with Crippen LogP contribution in [0.2, 0.25) is 10.0 Å². The van der Waals surface area contributed by atoms with E-state index in [0.717, 1.165) is 16.5 Å². The molecule has 1 aromatic heterocycles. The Kier molecular flexibility index (Phi) is 2.14. The lowest BCUT2D eigenvalue weighted by atomic mass is 10.1. The fourth-order valence-electron chi connectivity index (χ4n) is 1.31. The molecule has 0 saturated carbocycles. The smallest absolute Gasteiger partial charge is 0.0891 e. The Labute approximate surface area is 86.3 Å². The van der Waals surface area contributed by atoms with Crippen molar-refractivity contribution in [2.45, 2.75) is 6.92 Å². The maximum Gasteiger partial charge on any atom is 0.0891 e. The van der Waals surface area contributed by atoms with Crippen molar-refractivity contribution in [3.8, 4) is 0 Å². The molecule has 0 N–H and O–H groups in total. The molecule has 3 heteroatoms. The maximum absolute atomic E-state index is 5.99. The zero-order valence-electron chi connectivity index (χ0n) is 7.01. The topological polar surface area (TPSA) is 12.9 Å². The molecule has 0 saturated heterocycles. The highest BCUT2D eigenvalue weighted by atomic mass is 35.5. The molecule has 0 amide bonds. The Morgan fingerprint density at radius 3 is 2.77 bits per heavy atom. The first-order chi connectivity index (χ1) is 6.20. The van der Waals surface area contributed by atoms with Gasteiger partial charge in [-0.1, -0.05) is 29.3 Å². The molecule has 0 bridgehead atoms.